The lowest BCUT2D eigenvalue weighted by atomic mass is 10.1. The summed E-state index contributed by atoms with van der Waals surface area (Å²) >= 11 is 8.05. The average molecular weight is 439 g/mol. The van der Waals surface area contributed by atoms with Crippen LogP contribution in [0.1, 0.15) is 17.2 Å². The van der Waals surface area contributed by atoms with Crippen LogP contribution in [0.15, 0.2) is 56.6 Å². The van der Waals surface area contributed by atoms with Gasteiger partial charge in [-0.05, 0) is 36.2 Å². The Morgan fingerprint density at radius 3 is 2.75 bits per heavy atom. The number of hydrogen-bond donors (Lipinski definition) is 0. The fourth-order valence-corrected chi connectivity index (χ4v) is 6.58. The smallest absolute Gasteiger partial charge is 0.408 e. The van der Waals surface area contributed by atoms with Crippen molar-refractivity contribution in [2.24, 2.45) is 7.05 Å². The van der Waals surface area contributed by atoms with Crippen LogP contribution in [0.25, 0.3) is 11.1 Å². The minimum absolute atomic E-state index is 0.158. The number of aromatic nitrogens is 1. The van der Waals surface area contributed by atoms with E-state index in [4.69, 9.17) is 16.0 Å². The van der Waals surface area contributed by atoms with E-state index in [1.165, 1.54) is 27.1 Å². The van der Waals surface area contributed by atoms with Gasteiger partial charge in [0.1, 0.15) is 0 Å². The second kappa shape index (κ2) is 7.59. The molecule has 0 bridgehead atoms. The van der Waals surface area contributed by atoms with Gasteiger partial charge in [-0.25, -0.2) is 13.2 Å². The van der Waals surface area contributed by atoms with E-state index in [-0.39, 0.29) is 10.1 Å². The Morgan fingerprint density at radius 2 is 1.96 bits per heavy atom. The molecule has 0 spiro atoms. The van der Waals surface area contributed by atoms with E-state index in [1.54, 1.807) is 18.8 Å². The number of benzene rings is 2. The van der Waals surface area contributed by atoms with Gasteiger partial charge in [-0.2, -0.15) is 16.1 Å². The fraction of sp³-hybridized carbons (Fsp3) is 0.316. The van der Waals surface area contributed by atoms with Crippen LogP contribution in [0.5, 0.6) is 0 Å². The molecule has 1 fully saturated rings. The van der Waals surface area contributed by atoms with Gasteiger partial charge in [-0.3, -0.25) is 4.57 Å². The molecule has 2 aromatic carbocycles. The minimum atomic E-state index is -3.67. The summed E-state index contributed by atoms with van der Waals surface area (Å²) < 4.78 is 34.3. The quantitative estimate of drug-likeness (QED) is 0.624. The Morgan fingerprint density at radius 1 is 1.18 bits per heavy atom. The van der Waals surface area contributed by atoms with Crippen molar-refractivity contribution in [2.75, 3.05) is 18.8 Å². The molecule has 0 saturated carbocycles. The Kier molecular flexibility index (Phi) is 5.30. The number of nitrogens with zero attached hydrogens (tertiary/aromatic N) is 2. The molecule has 1 aromatic heterocycles. The summed E-state index contributed by atoms with van der Waals surface area (Å²) in [5, 5.41) is 0.869. The van der Waals surface area contributed by atoms with E-state index in [0.717, 1.165) is 5.56 Å². The number of hydrogen-bond acceptors (Lipinski definition) is 5. The minimum Gasteiger partial charge on any atom is -0.408 e. The normalized spacial score (nSPS) is 19.0. The number of halogens is 1. The third kappa shape index (κ3) is 3.50. The second-order valence-corrected chi connectivity index (χ2v) is 10.3. The largest absolute Gasteiger partial charge is 0.419 e. The second-order valence-electron chi connectivity index (χ2n) is 6.63. The van der Waals surface area contributed by atoms with Crippen molar-refractivity contribution in [1.82, 2.24) is 8.87 Å². The topological polar surface area (TPSA) is 72.5 Å². The fourth-order valence-electron chi connectivity index (χ4n) is 3.39. The van der Waals surface area contributed by atoms with E-state index in [0.29, 0.717) is 41.4 Å². The summed E-state index contributed by atoms with van der Waals surface area (Å²) in [5.74, 6) is 0.167. The van der Waals surface area contributed by atoms with Crippen LogP contribution in [0, 0.1) is 0 Å². The van der Waals surface area contributed by atoms with E-state index in [9.17, 15) is 13.2 Å². The van der Waals surface area contributed by atoms with Crippen molar-refractivity contribution >= 4 is 44.5 Å². The van der Waals surface area contributed by atoms with Crippen LogP contribution < -0.4 is 5.76 Å². The van der Waals surface area contributed by atoms with Crippen LogP contribution in [0.3, 0.4) is 0 Å². The third-order valence-electron chi connectivity index (χ3n) is 4.95. The Bertz CT molecular complexity index is 1190. The summed E-state index contributed by atoms with van der Waals surface area (Å²) in [5.41, 5.74) is 1.88. The Labute approximate surface area is 172 Å². The van der Waals surface area contributed by atoms with Gasteiger partial charge < -0.3 is 4.42 Å². The maximum absolute atomic E-state index is 13.2. The molecule has 28 heavy (non-hydrogen) atoms. The molecule has 1 saturated heterocycles. The van der Waals surface area contributed by atoms with Crippen LogP contribution in [-0.2, 0) is 17.1 Å². The lowest BCUT2D eigenvalue weighted by molar-refractivity contribution is 0.428. The lowest BCUT2D eigenvalue weighted by Crippen LogP contribution is -2.33. The third-order valence-corrected chi connectivity index (χ3v) is 8.50. The number of fused-ring (bicyclic) bond motifs is 1. The highest BCUT2D eigenvalue weighted by Gasteiger charge is 2.29. The van der Waals surface area contributed by atoms with Gasteiger partial charge in [0.15, 0.2) is 5.58 Å². The van der Waals surface area contributed by atoms with Gasteiger partial charge in [-0.1, -0.05) is 29.8 Å². The predicted molar refractivity (Wildman–Crippen MR) is 111 cm³/mol. The van der Waals surface area contributed by atoms with Gasteiger partial charge in [0.25, 0.3) is 0 Å². The summed E-state index contributed by atoms with van der Waals surface area (Å²) in [6.45, 7) is 0.837. The highest BCUT2D eigenvalue weighted by Crippen LogP contribution is 2.38. The van der Waals surface area contributed by atoms with Crippen LogP contribution in [0.4, 0.5) is 0 Å². The molecule has 4 rings (SSSR count). The van der Waals surface area contributed by atoms with Crippen molar-refractivity contribution in [1.29, 1.82) is 0 Å². The first-order valence-corrected chi connectivity index (χ1v) is 11.7. The Hall–Kier alpha value is -1.74. The average Bonchev–Trinajstić information content (AvgIpc) is 2.86. The number of oxazole rings is 1. The summed E-state index contributed by atoms with van der Waals surface area (Å²) in [6, 6.07) is 12.2. The molecule has 2 heterocycles. The summed E-state index contributed by atoms with van der Waals surface area (Å²) in [4.78, 5) is 11.8. The number of sulfonamides is 1. The molecule has 0 unspecified atom stereocenters. The van der Waals surface area contributed by atoms with Crippen molar-refractivity contribution in [3.63, 3.8) is 0 Å². The molecule has 1 atom stereocenters. The first kappa shape index (κ1) is 19.6. The van der Waals surface area contributed by atoms with E-state index in [2.05, 4.69) is 0 Å². The van der Waals surface area contributed by atoms with Crippen LogP contribution >= 0.6 is 23.4 Å². The molecular formula is C19H19ClN2O4S2. The van der Waals surface area contributed by atoms with E-state index >= 15 is 0 Å². The molecule has 1 aliphatic heterocycles. The zero-order valence-electron chi connectivity index (χ0n) is 15.2. The van der Waals surface area contributed by atoms with E-state index in [1.807, 2.05) is 24.3 Å². The van der Waals surface area contributed by atoms with Gasteiger partial charge in [0.05, 0.1) is 10.4 Å². The zero-order valence-corrected chi connectivity index (χ0v) is 17.6. The molecule has 3 aromatic rings. The molecule has 148 valence electrons. The van der Waals surface area contributed by atoms with E-state index < -0.39 is 15.8 Å². The molecule has 0 N–H and O–H groups in total. The van der Waals surface area contributed by atoms with Gasteiger partial charge in [-0.15, -0.1) is 0 Å². The lowest BCUT2D eigenvalue weighted by Gasteiger charge is -2.20. The zero-order chi connectivity index (χ0) is 19.9. The molecular weight excluding hydrogens is 420 g/mol. The molecule has 9 heteroatoms. The van der Waals surface area contributed by atoms with Gasteiger partial charge in [0.2, 0.25) is 10.0 Å². The first-order valence-electron chi connectivity index (χ1n) is 8.83. The number of thioether (sulfide) groups is 1. The molecule has 0 radical (unpaired) electrons. The van der Waals surface area contributed by atoms with Crippen molar-refractivity contribution in [2.45, 2.75) is 16.6 Å². The summed E-state index contributed by atoms with van der Waals surface area (Å²) in [6.07, 6.45) is 0.681. The van der Waals surface area contributed by atoms with Crippen molar-refractivity contribution in [3.8, 4) is 0 Å². The standard InChI is InChI=1S/C19H19ClN2O4S2/c1-21-16-12-13(6-7-17(16)26-19(21)23)28(24,25)22-9-8-18(27-11-10-22)14-4-2-3-5-15(14)20/h2-7,12,18H,8-11H2,1H3/t18-/m0/s1. The molecule has 0 aliphatic carbocycles. The van der Waals surface area contributed by atoms with Crippen LogP contribution in [0.2, 0.25) is 5.02 Å². The maximum atomic E-state index is 13.2. The van der Waals surface area contributed by atoms with Crippen LogP contribution in [-0.4, -0.2) is 36.1 Å². The number of rotatable bonds is 3. The Balaban J connectivity index is 1.61. The maximum Gasteiger partial charge on any atom is 0.419 e. The van der Waals surface area contributed by atoms with Gasteiger partial charge >= 0.3 is 5.76 Å². The highest BCUT2D eigenvalue weighted by atomic mass is 35.5. The molecule has 1 aliphatic rings. The van der Waals surface area contributed by atoms with Crippen molar-refractivity contribution < 1.29 is 12.8 Å². The van der Waals surface area contributed by atoms with Crippen molar-refractivity contribution in [3.05, 3.63) is 63.6 Å². The summed E-state index contributed by atoms with van der Waals surface area (Å²) in [7, 11) is -2.11. The number of aryl methyl sites for hydroxylation is 1. The monoisotopic (exact) mass is 438 g/mol. The SMILES string of the molecule is Cn1c(=O)oc2ccc(S(=O)(=O)N3CCS[C@H](c4ccccc4Cl)CC3)cc21. The predicted octanol–water partition coefficient (Wildman–Crippen LogP) is 3.65. The first-order chi connectivity index (χ1) is 13.4. The van der Waals surface area contributed by atoms with Gasteiger partial charge in [0, 0.05) is 36.2 Å². The highest BCUT2D eigenvalue weighted by molar-refractivity contribution is 7.99. The molecule has 6 nitrogen and oxygen atoms in total. The molecule has 0 amide bonds.